The molecule has 12 heavy (non-hydrogen) atoms. The number of hydrogen-bond acceptors (Lipinski definition) is 5. The van der Waals surface area contributed by atoms with Gasteiger partial charge in [0.15, 0.2) is 0 Å². The van der Waals surface area contributed by atoms with E-state index in [1.165, 1.54) is 7.11 Å². The summed E-state index contributed by atoms with van der Waals surface area (Å²) in [6, 6.07) is 0. The number of carboxylic acids is 1. The van der Waals surface area contributed by atoms with Gasteiger partial charge in [0, 0.05) is 0 Å². The highest BCUT2D eigenvalue weighted by molar-refractivity contribution is 5.71. The van der Waals surface area contributed by atoms with E-state index in [1.54, 1.807) is 7.05 Å². The SMILES string of the molecule is CNCC(=O)O.COC(=O)CN. The number of hydrogen-bond donors (Lipinski definition) is 3. The van der Waals surface area contributed by atoms with Crippen LogP contribution >= 0.6 is 0 Å². The lowest BCUT2D eigenvalue weighted by atomic mass is 10.7. The summed E-state index contributed by atoms with van der Waals surface area (Å²) in [5, 5.41) is 10.3. The normalized spacial score (nSPS) is 7.92. The zero-order valence-electron chi connectivity index (χ0n) is 7.16. The van der Waals surface area contributed by atoms with Gasteiger partial charge in [-0.15, -0.1) is 0 Å². The van der Waals surface area contributed by atoms with E-state index in [1.807, 2.05) is 0 Å². The van der Waals surface area contributed by atoms with Gasteiger partial charge in [0.2, 0.25) is 0 Å². The van der Waals surface area contributed by atoms with Crippen molar-refractivity contribution in [2.75, 3.05) is 27.2 Å². The minimum atomic E-state index is -0.822. The van der Waals surface area contributed by atoms with Crippen molar-refractivity contribution >= 4 is 11.9 Å². The molecule has 0 rings (SSSR count). The van der Waals surface area contributed by atoms with Crippen LogP contribution in [0, 0.1) is 0 Å². The number of methoxy groups -OCH3 is 1. The molecule has 6 heteroatoms. The Morgan fingerprint density at radius 3 is 2.08 bits per heavy atom. The van der Waals surface area contributed by atoms with E-state index in [0.29, 0.717) is 0 Å². The van der Waals surface area contributed by atoms with Crippen LogP contribution in [0.25, 0.3) is 0 Å². The third kappa shape index (κ3) is 15.9. The second-order valence-electron chi connectivity index (χ2n) is 1.70. The molecule has 0 aromatic heterocycles. The number of nitrogens with one attached hydrogen (secondary N) is 1. The lowest BCUT2D eigenvalue weighted by Gasteiger charge is -1.87. The van der Waals surface area contributed by atoms with E-state index in [0.717, 1.165) is 0 Å². The molecule has 0 aliphatic heterocycles. The molecule has 0 saturated carbocycles. The van der Waals surface area contributed by atoms with Crippen molar-refractivity contribution in [3.63, 3.8) is 0 Å². The van der Waals surface area contributed by atoms with Crippen molar-refractivity contribution in [3.05, 3.63) is 0 Å². The van der Waals surface area contributed by atoms with Crippen LogP contribution in [0.3, 0.4) is 0 Å². The van der Waals surface area contributed by atoms with Gasteiger partial charge in [-0.1, -0.05) is 0 Å². The lowest BCUT2D eigenvalue weighted by molar-refractivity contribution is -0.139. The first kappa shape index (κ1) is 13.4. The Labute approximate surface area is 70.7 Å². The highest BCUT2D eigenvalue weighted by Gasteiger charge is 1.87. The molecule has 0 saturated heterocycles. The summed E-state index contributed by atoms with van der Waals surface area (Å²) in [5.41, 5.74) is 4.81. The molecule has 0 radical (unpaired) electrons. The van der Waals surface area contributed by atoms with E-state index < -0.39 is 5.97 Å². The van der Waals surface area contributed by atoms with Crippen molar-refractivity contribution in [2.45, 2.75) is 0 Å². The molecule has 0 spiro atoms. The zero-order chi connectivity index (χ0) is 9.98. The molecule has 0 aromatic rings. The Balaban J connectivity index is 0. The number of ether oxygens (including phenoxy) is 1. The number of likely N-dealkylation sites (N-methyl/N-ethyl adjacent to an activating group) is 1. The Bertz CT molecular complexity index is 132. The fourth-order valence-corrected chi connectivity index (χ4v) is 0.235. The molecule has 0 unspecified atom stereocenters. The van der Waals surface area contributed by atoms with Gasteiger partial charge in [0.05, 0.1) is 20.2 Å². The fraction of sp³-hybridized carbons (Fsp3) is 0.667. The molecule has 0 aliphatic carbocycles. The summed E-state index contributed by atoms with van der Waals surface area (Å²) in [5.74, 6) is -1.20. The number of carboxylic acid groups (broad SMARTS) is 1. The van der Waals surface area contributed by atoms with Gasteiger partial charge in [-0.05, 0) is 7.05 Å². The standard InChI is InChI=1S/2C3H7NO2/c1-6-3(5)2-4;1-4-2-3(5)6/h2,4H2,1H3;4H,2H2,1H3,(H,5,6). The van der Waals surface area contributed by atoms with Gasteiger partial charge in [-0.2, -0.15) is 0 Å². The van der Waals surface area contributed by atoms with E-state index in [-0.39, 0.29) is 19.1 Å². The maximum Gasteiger partial charge on any atom is 0.319 e. The van der Waals surface area contributed by atoms with E-state index in [2.05, 4.69) is 10.1 Å². The number of carbonyl (C=O) groups excluding carboxylic acids is 1. The summed E-state index contributed by atoms with van der Waals surface area (Å²) in [7, 11) is 2.89. The Morgan fingerprint density at radius 1 is 1.58 bits per heavy atom. The van der Waals surface area contributed by atoms with Gasteiger partial charge >= 0.3 is 11.9 Å². The molecular formula is C6H14N2O4. The van der Waals surface area contributed by atoms with Gasteiger partial charge < -0.3 is 20.9 Å². The molecular weight excluding hydrogens is 164 g/mol. The van der Waals surface area contributed by atoms with Gasteiger partial charge in [-0.3, -0.25) is 9.59 Å². The molecule has 6 nitrogen and oxygen atoms in total. The quantitative estimate of drug-likeness (QED) is 0.450. The monoisotopic (exact) mass is 178 g/mol. The van der Waals surface area contributed by atoms with Crippen molar-refractivity contribution < 1.29 is 19.4 Å². The number of aliphatic carboxylic acids is 1. The van der Waals surface area contributed by atoms with Gasteiger partial charge in [-0.25, -0.2) is 0 Å². The number of carbonyl (C=O) groups is 2. The predicted octanol–water partition coefficient (Wildman–Crippen LogP) is -1.59. The van der Waals surface area contributed by atoms with Crippen LogP contribution in [0.1, 0.15) is 0 Å². The predicted molar refractivity (Wildman–Crippen MR) is 42.6 cm³/mol. The largest absolute Gasteiger partial charge is 0.480 e. The number of esters is 1. The highest BCUT2D eigenvalue weighted by atomic mass is 16.5. The smallest absolute Gasteiger partial charge is 0.319 e. The van der Waals surface area contributed by atoms with Crippen LogP contribution in [-0.2, 0) is 14.3 Å². The second kappa shape index (κ2) is 9.86. The second-order valence-corrected chi connectivity index (χ2v) is 1.70. The third-order valence-electron chi connectivity index (χ3n) is 0.722. The van der Waals surface area contributed by atoms with Crippen molar-refractivity contribution in [1.82, 2.24) is 5.32 Å². The van der Waals surface area contributed by atoms with Crippen LogP contribution < -0.4 is 11.1 Å². The molecule has 0 amide bonds. The summed E-state index contributed by atoms with van der Waals surface area (Å²) >= 11 is 0. The Morgan fingerprint density at radius 2 is 2.08 bits per heavy atom. The number of nitrogens with two attached hydrogens (primary N) is 1. The van der Waals surface area contributed by atoms with Crippen LogP contribution in [0.2, 0.25) is 0 Å². The van der Waals surface area contributed by atoms with Crippen LogP contribution in [0.5, 0.6) is 0 Å². The minimum absolute atomic E-state index is 0.0312. The molecule has 0 heterocycles. The molecule has 72 valence electrons. The Hall–Kier alpha value is -1.14. The highest BCUT2D eigenvalue weighted by Crippen LogP contribution is 1.61. The van der Waals surface area contributed by atoms with Gasteiger partial charge in [0.1, 0.15) is 0 Å². The lowest BCUT2D eigenvalue weighted by Crippen LogP contribution is -2.16. The number of rotatable bonds is 3. The molecule has 0 atom stereocenters. The first-order valence-corrected chi connectivity index (χ1v) is 3.21. The van der Waals surface area contributed by atoms with Gasteiger partial charge in [0.25, 0.3) is 0 Å². The molecule has 0 fully saturated rings. The summed E-state index contributed by atoms with van der Waals surface area (Å²) in [6.45, 7) is 0.0104. The first-order chi connectivity index (χ1) is 5.58. The van der Waals surface area contributed by atoms with E-state index in [9.17, 15) is 9.59 Å². The fourth-order valence-electron chi connectivity index (χ4n) is 0.235. The third-order valence-corrected chi connectivity index (χ3v) is 0.722. The average Bonchev–Trinajstić information content (AvgIpc) is 2.04. The van der Waals surface area contributed by atoms with E-state index in [4.69, 9.17) is 10.8 Å². The molecule has 0 aromatic carbocycles. The molecule has 0 aliphatic rings. The maximum absolute atomic E-state index is 9.83. The van der Waals surface area contributed by atoms with Crippen molar-refractivity contribution in [3.8, 4) is 0 Å². The molecule has 4 N–H and O–H groups in total. The Kier molecular flexibility index (Phi) is 11.1. The van der Waals surface area contributed by atoms with Crippen molar-refractivity contribution in [1.29, 1.82) is 0 Å². The molecule has 0 bridgehead atoms. The minimum Gasteiger partial charge on any atom is -0.480 e. The average molecular weight is 178 g/mol. The van der Waals surface area contributed by atoms with Crippen LogP contribution in [0.4, 0.5) is 0 Å². The van der Waals surface area contributed by atoms with Crippen molar-refractivity contribution in [2.24, 2.45) is 5.73 Å². The van der Waals surface area contributed by atoms with Crippen LogP contribution in [0.15, 0.2) is 0 Å². The first-order valence-electron chi connectivity index (χ1n) is 3.21. The van der Waals surface area contributed by atoms with E-state index >= 15 is 0 Å². The summed E-state index contributed by atoms with van der Waals surface area (Å²) in [6.07, 6.45) is 0. The summed E-state index contributed by atoms with van der Waals surface area (Å²) < 4.78 is 4.14. The van der Waals surface area contributed by atoms with Crippen LogP contribution in [-0.4, -0.2) is 44.3 Å². The zero-order valence-corrected chi connectivity index (χ0v) is 7.16. The summed E-state index contributed by atoms with van der Waals surface area (Å²) in [4.78, 5) is 19.4. The topological polar surface area (TPSA) is 102 Å². The maximum atomic E-state index is 9.83.